The van der Waals surface area contributed by atoms with E-state index in [1.165, 1.54) is 4.90 Å². The minimum atomic E-state index is -0.931. The Kier molecular flexibility index (Phi) is 3.88. The molecule has 0 aromatic carbocycles. The summed E-state index contributed by atoms with van der Waals surface area (Å²) in [5.41, 5.74) is 0. The van der Waals surface area contributed by atoms with Crippen LogP contribution in [-0.2, 0) is 9.59 Å². The molecule has 2 N–H and O–H groups in total. The second kappa shape index (κ2) is 4.95. The molecule has 14 heavy (non-hydrogen) atoms. The quantitative estimate of drug-likeness (QED) is 0.605. The molecule has 5 nitrogen and oxygen atoms in total. The molecule has 1 saturated heterocycles. The smallest absolute Gasteiger partial charge is 0.326 e. The molecule has 1 unspecified atom stereocenters. The van der Waals surface area contributed by atoms with Crippen molar-refractivity contribution in [3.8, 4) is 0 Å². The van der Waals surface area contributed by atoms with Gasteiger partial charge < -0.3 is 15.1 Å². The predicted molar refractivity (Wildman–Crippen MR) is 48.7 cm³/mol. The van der Waals surface area contributed by atoms with E-state index in [2.05, 4.69) is 0 Å². The van der Waals surface area contributed by atoms with Crippen molar-refractivity contribution < 1.29 is 19.8 Å². The number of carbonyl (C=O) groups excluding carboxylic acids is 1. The van der Waals surface area contributed by atoms with E-state index < -0.39 is 12.0 Å². The first-order valence-corrected chi connectivity index (χ1v) is 4.80. The number of hydrogen-bond acceptors (Lipinski definition) is 3. The summed E-state index contributed by atoms with van der Waals surface area (Å²) >= 11 is 0. The number of carboxylic acid groups (broad SMARTS) is 1. The summed E-state index contributed by atoms with van der Waals surface area (Å²) in [6.45, 7) is 0.524. The van der Waals surface area contributed by atoms with Gasteiger partial charge in [-0.05, 0) is 19.3 Å². The maximum absolute atomic E-state index is 11.3. The Hall–Kier alpha value is -1.10. The molecule has 0 aliphatic carbocycles. The second-order valence-electron chi connectivity index (χ2n) is 3.41. The molecule has 0 bridgehead atoms. The van der Waals surface area contributed by atoms with Gasteiger partial charge in [-0.1, -0.05) is 0 Å². The Morgan fingerprint density at radius 2 is 2.21 bits per heavy atom. The van der Waals surface area contributed by atoms with Crippen LogP contribution in [0.2, 0.25) is 0 Å². The Labute approximate surface area is 82.3 Å². The van der Waals surface area contributed by atoms with Crippen molar-refractivity contribution in [3.63, 3.8) is 0 Å². The standard InChI is InChI=1S/C9H15NO4/c11-6-2-1-5-10-7(9(13)14)3-4-8(10)12/h7,11H,1-6H2,(H,13,14). The summed E-state index contributed by atoms with van der Waals surface area (Å²) in [4.78, 5) is 23.4. The lowest BCUT2D eigenvalue weighted by atomic mass is 10.2. The maximum Gasteiger partial charge on any atom is 0.326 e. The highest BCUT2D eigenvalue weighted by Gasteiger charge is 2.35. The predicted octanol–water partition coefficient (Wildman–Crippen LogP) is -0.165. The van der Waals surface area contributed by atoms with Crippen LogP contribution in [0.3, 0.4) is 0 Å². The summed E-state index contributed by atoms with van der Waals surface area (Å²) in [6.07, 6.45) is 2.01. The average Bonchev–Trinajstić information content (AvgIpc) is 2.48. The molecule has 0 saturated carbocycles. The van der Waals surface area contributed by atoms with Crippen LogP contribution in [-0.4, -0.2) is 46.2 Å². The number of aliphatic carboxylic acids is 1. The van der Waals surface area contributed by atoms with Crippen LogP contribution < -0.4 is 0 Å². The van der Waals surface area contributed by atoms with E-state index in [0.717, 1.165) is 0 Å². The van der Waals surface area contributed by atoms with E-state index in [1.807, 2.05) is 0 Å². The van der Waals surface area contributed by atoms with Crippen molar-refractivity contribution in [1.29, 1.82) is 0 Å². The highest BCUT2D eigenvalue weighted by atomic mass is 16.4. The summed E-state index contributed by atoms with van der Waals surface area (Å²) in [6, 6.07) is -0.652. The van der Waals surface area contributed by atoms with Crippen LogP contribution in [0.15, 0.2) is 0 Å². The summed E-state index contributed by atoms with van der Waals surface area (Å²) in [5.74, 6) is -1.02. The lowest BCUT2D eigenvalue weighted by Crippen LogP contribution is -2.39. The molecular formula is C9H15NO4. The monoisotopic (exact) mass is 201 g/mol. The van der Waals surface area contributed by atoms with Crippen LogP contribution in [0.25, 0.3) is 0 Å². The third kappa shape index (κ3) is 2.45. The fourth-order valence-corrected chi connectivity index (χ4v) is 1.66. The van der Waals surface area contributed by atoms with Gasteiger partial charge in [0.1, 0.15) is 6.04 Å². The van der Waals surface area contributed by atoms with Crippen molar-refractivity contribution in [2.24, 2.45) is 0 Å². The lowest BCUT2D eigenvalue weighted by Gasteiger charge is -2.21. The fourth-order valence-electron chi connectivity index (χ4n) is 1.66. The number of likely N-dealkylation sites (tertiary alicyclic amines) is 1. The Morgan fingerprint density at radius 1 is 1.50 bits per heavy atom. The number of rotatable bonds is 5. The second-order valence-corrected chi connectivity index (χ2v) is 3.41. The molecular weight excluding hydrogens is 186 g/mol. The molecule has 0 aromatic rings. The number of unbranched alkanes of at least 4 members (excludes halogenated alkanes) is 1. The number of carboxylic acids is 1. The van der Waals surface area contributed by atoms with Gasteiger partial charge in [-0.15, -0.1) is 0 Å². The largest absolute Gasteiger partial charge is 0.480 e. The van der Waals surface area contributed by atoms with Crippen LogP contribution in [0.5, 0.6) is 0 Å². The molecule has 1 aliphatic heterocycles. The number of nitrogens with zero attached hydrogens (tertiary/aromatic N) is 1. The van der Waals surface area contributed by atoms with Gasteiger partial charge in [-0.25, -0.2) is 4.79 Å². The minimum absolute atomic E-state index is 0.0831. The van der Waals surface area contributed by atoms with Gasteiger partial charge in [0.25, 0.3) is 0 Å². The zero-order chi connectivity index (χ0) is 10.6. The van der Waals surface area contributed by atoms with E-state index in [1.54, 1.807) is 0 Å². The molecule has 5 heteroatoms. The molecule has 1 amide bonds. The number of aliphatic hydroxyl groups is 1. The van der Waals surface area contributed by atoms with Crippen LogP contribution >= 0.6 is 0 Å². The van der Waals surface area contributed by atoms with Gasteiger partial charge in [-0.3, -0.25) is 4.79 Å². The van der Waals surface area contributed by atoms with E-state index in [9.17, 15) is 9.59 Å². The van der Waals surface area contributed by atoms with Crippen molar-refractivity contribution >= 4 is 11.9 Å². The first-order chi connectivity index (χ1) is 6.66. The topological polar surface area (TPSA) is 77.8 Å². The normalized spacial score (nSPS) is 21.6. The number of amides is 1. The van der Waals surface area contributed by atoms with Gasteiger partial charge in [0.2, 0.25) is 5.91 Å². The van der Waals surface area contributed by atoms with E-state index in [0.29, 0.717) is 32.2 Å². The van der Waals surface area contributed by atoms with E-state index >= 15 is 0 Å². The molecule has 1 heterocycles. The van der Waals surface area contributed by atoms with Gasteiger partial charge in [0.15, 0.2) is 0 Å². The number of hydrogen-bond donors (Lipinski definition) is 2. The summed E-state index contributed by atoms with van der Waals surface area (Å²) < 4.78 is 0. The Bertz CT molecular complexity index is 229. The molecule has 1 rings (SSSR count). The average molecular weight is 201 g/mol. The first kappa shape index (κ1) is 11.0. The van der Waals surface area contributed by atoms with E-state index in [4.69, 9.17) is 10.2 Å². The van der Waals surface area contributed by atoms with Gasteiger partial charge in [0.05, 0.1) is 0 Å². The third-order valence-corrected chi connectivity index (χ3v) is 2.42. The van der Waals surface area contributed by atoms with Crippen LogP contribution in [0.1, 0.15) is 25.7 Å². The SMILES string of the molecule is O=C(O)C1CCC(=O)N1CCCCO. The van der Waals surface area contributed by atoms with Gasteiger partial charge >= 0.3 is 5.97 Å². The fraction of sp³-hybridized carbons (Fsp3) is 0.778. The highest BCUT2D eigenvalue weighted by molar-refractivity contribution is 5.87. The lowest BCUT2D eigenvalue weighted by molar-refractivity contribution is -0.146. The van der Waals surface area contributed by atoms with Crippen molar-refractivity contribution in [1.82, 2.24) is 4.90 Å². The molecule has 0 radical (unpaired) electrons. The molecule has 0 aromatic heterocycles. The Morgan fingerprint density at radius 3 is 2.79 bits per heavy atom. The summed E-state index contributed by atoms with van der Waals surface area (Å²) in [7, 11) is 0. The minimum Gasteiger partial charge on any atom is -0.480 e. The van der Waals surface area contributed by atoms with Crippen LogP contribution in [0, 0.1) is 0 Å². The number of aliphatic hydroxyl groups excluding tert-OH is 1. The van der Waals surface area contributed by atoms with Crippen LogP contribution in [0.4, 0.5) is 0 Å². The van der Waals surface area contributed by atoms with Crippen molar-refractivity contribution in [2.45, 2.75) is 31.7 Å². The molecule has 1 aliphatic rings. The maximum atomic E-state index is 11.3. The number of carbonyl (C=O) groups is 2. The van der Waals surface area contributed by atoms with Crippen molar-refractivity contribution in [3.05, 3.63) is 0 Å². The molecule has 1 atom stereocenters. The molecule has 0 spiro atoms. The third-order valence-electron chi connectivity index (χ3n) is 2.42. The Balaban J connectivity index is 2.45. The zero-order valence-electron chi connectivity index (χ0n) is 7.98. The highest BCUT2D eigenvalue weighted by Crippen LogP contribution is 2.19. The molecule has 80 valence electrons. The van der Waals surface area contributed by atoms with E-state index in [-0.39, 0.29) is 12.5 Å². The van der Waals surface area contributed by atoms with Gasteiger partial charge in [-0.2, -0.15) is 0 Å². The summed E-state index contributed by atoms with van der Waals surface area (Å²) in [5, 5.41) is 17.4. The molecule has 1 fully saturated rings. The van der Waals surface area contributed by atoms with Gasteiger partial charge in [0, 0.05) is 19.6 Å². The first-order valence-electron chi connectivity index (χ1n) is 4.80. The van der Waals surface area contributed by atoms with Crippen molar-refractivity contribution in [2.75, 3.05) is 13.2 Å². The zero-order valence-corrected chi connectivity index (χ0v) is 7.98.